The molecule has 7 nitrogen and oxygen atoms in total. The van der Waals surface area contributed by atoms with Crippen molar-refractivity contribution in [2.24, 2.45) is 17.8 Å². The number of fused-ring (bicyclic) bond motifs is 5. The number of nitriles is 1. The normalized spacial score (nSPS) is 26.7. The van der Waals surface area contributed by atoms with E-state index in [1.54, 1.807) is 56.1 Å². The first-order valence-corrected chi connectivity index (χ1v) is 12.5. The summed E-state index contributed by atoms with van der Waals surface area (Å²) >= 11 is 5.82. The van der Waals surface area contributed by atoms with Crippen LogP contribution in [0.4, 0.5) is 9.18 Å². The molecule has 2 bridgehead atoms. The average Bonchev–Trinajstić information content (AvgIpc) is 3.42. The topological polar surface area (TPSA) is 95.3 Å². The highest BCUT2D eigenvalue weighted by atomic mass is 35.5. The van der Waals surface area contributed by atoms with E-state index in [2.05, 4.69) is 16.4 Å². The summed E-state index contributed by atoms with van der Waals surface area (Å²) in [4.78, 5) is 32.0. The second kappa shape index (κ2) is 9.04. The Bertz CT molecular complexity index is 1240. The molecule has 2 saturated carbocycles. The van der Waals surface area contributed by atoms with Crippen LogP contribution in [0.5, 0.6) is 0 Å². The highest BCUT2D eigenvalue weighted by molar-refractivity contribution is 6.29. The van der Waals surface area contributed by atoms with E-state index in [9.17, 15) is 19.2 Å². The molecule has 6 atom stereocenters. The summed E-state index contributed by atoms with van der Waals surface area (Å²) in [5, 5.41) is 12.9. The molecule has 2 aliphatic carbocycles. The standard InChI is InChI=1S/C27H28ClFN4O3/c1-27(2,3)36-26(35)33-22-11-20(18-10-19(18)22)24(33)25(34)32-17(12-30)8-15-5-4-14(9-21(15)29)16-6-7-23(28)31-13-16/h4-7,9,13,17-20,22,24H,8,10-11H2,1-3H3,(H,32,34)/t17-,18+,19-,20+,22-,24-/m0/s1. The highest BCUT2D eigenvalue weighted by Gasteiger charge is 2.67. The lowest BCUT2D eigenvalue weighted by Crippen LogP contribution is -2.56. The van der Waals surface area contributed by atoms with Crippen molar-refractivity contribution in [3.8, 4) is 17.2 Å². The first-order chi connectivity index (χ1) is 17.1. The molecule has 5 rings (SSSR count). The molecule has 1 saturated heterocycles. The zero-order valence-electron chi connectivity index (χ0n) is 20.4. The highest BCUT2D eigenvalue weighted by Crippen LogP contribution is 2.63. The van der Waals surface area contributed by atoms with Gasteiger partial charge in [0.15, 0.2) is 0 Å². The molecule has 36 heavy (non-hydrogen) atoms. The molecule has 2 amide bonds. The lowest BCUT2D eigenvalue weighted by atomic mass is 9.95. The largest absolute Gasteiger partial charge is 0.444 e. The fourth-order valence-corrected chi connectivity index (χ4v) is 5.94. The maximum atomic E-state index is 14.9. The number of piperidine rings is 1. The quantitative estimate of drug-likeness (QED) is 0.586. The fourth-order valence-electron chi connectivity index (χ4n) is 5.82. The van der Waals surface area contributed by atoms with Gasteiger partial charge in [0.2, 0.25) is 5.91 Å². The Morgan fingerprint density at radius 2 is 1.97 bits per heavy atom. The number of likely N-dealkylation sites (tertiary alicyclic amines) is 1. The number of hydrogen-bond acceptors (Lipinski definition) is 5. The number of nitrogens with zero attached hydrogens (tertiary/aromatic N) is 3. The molecule has 2 heterocycles. The van der Waals surface area contributed by atoms with Gasteiger partial charge in [0.1, 0.15) is 28.7 Å². The predicted octanol–water partition coefficient (Wildman–Crippen LogP) is 4.74. The van der Waals surface area contributed by atoms with Crippen LogP contribution in [0.25, 0.3) is 11.1 Å². The number of benzene rings is 1. The third-order valence-electron chi connectivity index (χ3n) is 7.39. The van der Waals surface area contributed by atoms with Crippen LogP contribution >= 0.6 is 11.6 Å². The van der Waals surface area contributed by atoms with Gasteiger partial charge in [-0.1, -0.05) is 23.7 Å². The minimum atomic E-state index is -0.940. The van der Waals surface area contributed by atoms with Gasteiger partial charge in [0, 0.05) is 24.2 Å². The Kier molecular flexibility index (Phi) is 6.16. The van der Waals surface area contributed by atoms with Crippen LogP contribution in [0.1, 0.15) is 39.2 Å². The van der Waals surface area contributed by atoms with Crippen LogP contribution in [0.3, 0.4) is 0 Å². The van der Waals surface area contributed by atoms with Gasteiger partial charge in [0.05, 0.1) is 6.07 Å². The summed E-state index contributed by atoms with van der Waals surface area (Å²) in [5.41, 5.74) is 0.981. The third-order valence-corrected chi connectivity index (χ3v) is 7.62. The predicted molar refractivity (Wildman–Crippen MR) is 131 cm³/mol. The van der Waals surface area contributed by atoms with Gasteiger partial charge in [0.25, 0.3) is 0 Å². The first-order valence-electron chi connectivity index (χ1n) is 12.2. The lowest BCUT2D eigenvalue weighted by Gasteiger charge is -2.35. The number of rotatable bonds is 5. The van der Waals surface area contributed by atoms with E-state index < -0.39 is 29.6 Å². The summed E-state index contributed by atoms with van der Waals surface area (Å²) in [6, 6.07) is 8.57. The molecular weight excluding hydrogens is 483 g/mol. The molecule has 9 heteroatoms. The molecule has 0 radical (unpaired) electrons. The molecule has 1 N–H and O–H groups in total. The molecular formula is C27H28ClFN4O3. The molecule has 0 unspecified atom stereocenters. The van der Waals surface area contributed by atoms with Crippen LogP contribution in [-0.2, 0) is 16.0 Å². The van der Waals surface area contributed by atoms with E-state index in [0.717, 1.165) is 12.8 Å². The Morgan fingerprint density at radius 1 is 1.22 bits per heavy atom. The van der Waals surface area contributed by atoms with E-state index in [0.29, 0.717) is 33.7 Å². The van der Waals surface area contributed by atoms with Crippen molar-refractivity contribution < 1.29 is 18.7 Å². The van der Waals surface area contributed by atoms with Crippen molar-refractivity contribution in [1.29, 1.82) is 5.26 Å². The summed E-state index contributed by atoms with van der Waals surface area (Å²) in [6.07, 6.45) is 2.87. The van der Waals surface area contributed by atoms with E-state index >= 15 is 0 Å². The Labute approximate surface area is 214 Å². The number of carbonyl (C=O) groups excluding carboxylic acids is 2. The Morgan fingerprint density at radius 3 is 2.61 bits per heavy atom. The van der Waals surface area contributed by atoms with Crippen molar-refractivity contribution in [2.75, 3.05) is 0 Å². The lowest BCUT2D eigenvalue weighted by molar-refractivity contribution is -0.128. The van der Waals surface area contributed by atoms with Gasteiger partial charge in [-0.3, -0.25) is 9.69 Å². The van der Waals surface area contributed by atoms with E-state index in [4.69, 9.17) is 16.3 Å². The summed E-state index contributed by atoms with van der Waals surface area (Å²) < 4.78 is 20.5. The first kappa shape index (κ1) is 24.5. The summed E-state index contributed by atoms with van der Waals surface area (Å²) in [6.45, 7) is 5.38. The molecule has 188 valence electrons. The van der Waals surface area contributed by atoms with Gasteiger partial charge in [-0.2, -0.15) is 5.26 Å². The number of amides is 2. The average molecular weight is 511 g/mol. The zero-order valence-corrected chi connectivity index (χ0v) is 21.1. The molecule has 1 aromatic carbocycles. The molecule has 1 aromatic heterocycles. The molecule has 0 spiro atoms. The zero-order chi connectivity index (χ0) is 25.8. The van der Waals surface area contributed by atoms with Crippen LogP contribution in [0, 0.1) is 34.9 Å². The van der Waals surface area contributed by atoms with E-state index in [-0.39, 0.29) is 24.3 Å². The maximum Gasteiger partial charge on any atom is 0.411 e. The smallest absolute Gasteiger partial charge is 0.411 e. The van der Waals surface area contributed by atoms with Crippen molar-refractivity contribution >= 4 is 23.6 Å². The van der Waals surface area contributed by atoms with E-state index in [1.807, 2.05) is 0 Å². The number of nitrogens with one attached hydrogen (secondary N) is 1. The summed E-state index contributed by atoms with van der Waals surface area (Å²) in [7, 11) is 0. The number of aromatic nitrogens is 1. The minimum Gasteiger partial charge on any atom is -0.444 e. The number of pyridine rings is 1. The van der Waals surface area contributed by atoms with Crippen LogP contribution in [0.15, 0.2) is 36.5 Å². The number of ether oxygens (including phenoxy) is 1. The van der Waals surface area contributed by atoms with E-state index in [1.165, 1.54) is 6.07 Å². The second-order valence-electron chi connectivity index (χ2n) is 10.9. The van der Waals surface area contributed by atoms with Gasteiger partial charge in [-0.05, 0) is 80.7 Å². The van der Waals surface area contributed by atoms with Gasteiger partial charge in [-0.25, -0.2) is 14.2 Å². The SMILES string of the molecule is CC(C)(C)OC(=O)N1[C@H](C(=O)N[C@H](C#N)Cc2ccc(-c3ccc(Cl)nc3)cc2F)[C@@H]2C[C@H]1[C@H]1C[C@@H]21. The van der Waals surface area contributed by atoms with Gasteiger partial charge in [-0.15, -0.1) is 0 Å². The number of halogens is 2. The van der Waals surface area contributed by atoms with Crippen molar-refractivity contribution in [3.05, 3.63) is 53.1 Å². The second-order valence-corrected chi connectivity index (χ2v) is 11.3. The summed E-state index contributed by atoms with van der Waals surface area (Å²) in [5.74, 6) is 0.0811. The number of hydrogen-bond donors (Lipinski definition) is 1. The fraction of sp³-hybridized carbons (Fsp3) is 0.481. The van der Waals surface area contributed by atoms with Gasteiger partial charge < -0.3 is 10.1 Å². The van der Waals surface area contributed by atoms with Crippen LogP contribution in [0.2, 0.25) is 5.15 Å². The van der Waals surface area contributed by atoms with Crippen molar-refractivity contribution in [3.63, 3.8) is 0 Å². The van der Waals surface area contributed by atoms with Crippen LogP contribution < -0.4 is 5.32 Å². The minimum absolute atomic E-state index is 0.00141. The molecule has 3 fully saturated rings. The van der Waals surface area contributed by atoms with Crippen molar-refractivity contribution in [1.82, 2.24) is 15.2 Å². The number of carbonyl (C=O) groups is 2. The molecule has 2 aromatic rings. The Balaban J connectivity index is 1.29. The third kappa shape index (κ3) is 4.64. The van der Waals surface area contributed by atoms with Crippen LogP contribution in [-0.4, -0.2) is 45.6 Å². The monoisotopic (exact) mass is 510 g/mol. The Hall–Kier alpha value is -3.18. The van der Waals surface area contributed by atoms with Gasteiger partial charge >= 0.3 is 6.09 Å². The van der Waals surface area contributed by atoms with Crippen molar-refractivity contribution in [2.45, 2.75) is 63.8 Å². The maximum absolute atomic E-state index is 14.9. The molecule has 1 aliphatic heterocycles. The molecule has 3 aliphatic rings.